The maximum atomic E-state index is 6.37. The van der Waals surface area contributed by atoms with Gasteiger partial charge in [0, 0.05) is 37.7 Å². The maximum Gasteiger partial charge on any atom is 0.211 e. The van der Waals surface area contributed by atoms with E-state index in [0.29, 0.717) is 11.5 Å². The first-order valence-corrected chi connectivity index (χ1v) is 8.47. The number of nitrogens with two attached hydrogens (primary N) is 1. The molecule has 1 aliphatic heterocycles. The predicted octanol–water partition coefficient (Wildman–Crippen LogP) is 2.59. The van der Waals surface area contributed by atoms with Gasteiger partial charge in [-0.25, -0.2) is 9.97 Å². The molecule has 2 fully saturated rings. The number of hydrogen-bond donors (Lipinski definition) is 1. The summed E-state index contributed by atoms with van der Waals surface area (Å²) in [6.07, 6.45) is 11.8. The molecule has 1 saturated carbocycles. The monoisotopic (exact) mass is 349 g/mol. The third kappa shape index (κ3) is 2.07. The fraction of sp³-hybridized carbons (Fsp3) is 0.600. The molecule has 1 saturated heterocycles. The first kappa shape index (κ1) is 13.5. The van der Waals surface area contributed by atoms with Crippen molar-refractivity contribution in [3.63, 3.8) is 0 Å². The summed E-state index contributed by atoms with van der Waals surface area (Å²) < 4.78 is 3.00. The molecule has 2 aromatic heterocycles. The summed E-state index contributed by atoms with van der Waals surface area (Å²) in [5.41, 5.74) is 7.68. The fourth-order valence-corrected chi connectivity index (χ4v) is 4.44. The summed E-state index contributed by atoms with van der Waals surface area (Å²) in [5, 5.41) is 0. The second kappa shape index (κ2) is 4.95. The molecule has 0 unspecified atom stereocenters. The van der Waals surface area contributed by atoms with Gasteiger partial charge in [0.1, 0.15) is 0 Å². The van der Waals surface area contributed by atoms with Crippen LogP contribution in [-0.2, 0) is 0 Å². The molecular weight excluding hydrogens is 330 g/mol. The SMILES string of the molecule is N[C@H]1CCCC12CCN(c1ncc(Br)c3nccn13)CC2. The van der Waals surface area contributed by atoms with Gasteiger partial charge >= 0.3 is 0 Å². The Balaban J connectivity index is 1.61. The highest BCUT2D eigenvalue weighted by atomic mass is 79.9. The lowest BCUT2D eigenvalue weighted by atomic mass is 9.74. The third-order valence-corrected chi connectivity index (χ3v) is 5.94. The zero-order valence-corrected chi connectivity index (χ0v) is 13.6. The molecule has 6 heteroatoms. The van der Waals surface area contributed by atoms with Crippen molar-refractivity contribution < 1.29 is 0 Å². The molecule has 2 aromatic rings. The molecule has 0 amide bonds. The molecule has 2 N–H and O–H groups in total. The van der Waals surface area contributed by atoms with Gasteiger partial charge in [-0.1, -0.05) is 6.42 Å². The van der Waals surface area contributed by atoms with Crippen molar-refractivity contribution >= 4 is 27.5 Å². The first-order valence-electron chi connectivity index (χ1n) is 7.68. The summed E-state index contributed by atoms with van der Waals surface area (Å²) in [7, 11) is 0. The Morgan fingerprint density at radius 2 is 2.05 bits per heavy atom. The zero-order chi connectivity index (χ0) is 14.4. The largest absolute Gasteiger partial charge is 0.342 e. The molecule has 1 spiro atoms. The van der Waals surface area contributed by atoms with Crippen LogP contribution in [0.15, 0.2) is 23.1 Å². The smallest absolute Gasteiger partial charge is 0.211 e. The van der Waals surface area contributed by atoms with Gasteiger partial charge < -0.3 is 10.6 Å². The highest BCUT2D eigenvalue weighted by Crippen LogP contribution is 2.45. The van der Waals surface area contributed by atoms with E-state index in [4.69, 9.17) is 5.73 Å². The Morgan fingerprint density at radius 1 is 1.24 bits per heavy atom. The van der Waals surface area contributed by atoms with Gasteiger partial charge in [0.25, 0.3) is 0 Å². The van der Waals surface area contributed by atoms with Gasteiger partial charge in [0.15, 0.2) is 5.65 Å². The molecule has 2 aliphatic rings. The van der Waals surface area contributed by atoms with E-state index in [1.54, 1.807) is 0 Å². The number of aromatic nitrogens is 3. The molecule has 3 heterocycles. The molecule has 0 radical (unpaired) electrons. The minimum atomic E-state index is 0.389. The van der Waals surface area contributed by atoms with E-state index >= 15 is 0 Å². The van der Waals surface area contributed by atoms with Crippen LogP contribution in [0.5, 0.6) is 0 Å². The number of hydrogen-bond acceptors (Lipinski definition) is 4. The van der Waals surface area contributed by atoms with E-state index in [0.717, 1.165) is 29.2 Å². The molecule has 21 heavy (non-hydrogen) atoms. The number of fused-ring (bicyclic) bond motifs is 1. The molecule has 112 valence electrons. The van der Waals surface area contributed by atoms with Crippen LogP contribution in [0.1, 0.15) is 32.1 Å². The summed E-state index contributed by atoms with van der Waals surface area (Å²) in [5.74, 6) is 0.993. The molecular formula is C15H20BrN5. The average Bonchev–Trinajstić information content (AvgIpc) is 3.10. The van der Waals surface area contributed by atoms with Crippen molar-refractivity contribution in [1.29, 1.82) is 0 Å². The topological polar surface area (TPSA) is 59.5 Å². The van der Waals surface area contributed by atoms with Gasteiger partial charge in [-0.3, -0.25) is 4.40 Å². The lowest BCUT2D eigenvalue weighted by Crippen LogP contribution is -2.47. The quantitative estimate of drug-likeness (QED) is 0.859. The van der Waals surface area contributed by atoms with E-state index < -0.39 is 0 Å². The third-order valence-electron chi connectivity index (χ3n) is 5.38. The highest BCUT2D eigenvalue weighted by molar-refractivity contribution is 9.10. The summed E-state index contributed by atoms with van der Waals surface area (Å²) in [6, 6.07) is 0.394. The van der Waals surface area contributed by atoms with E-state index in [2.05, 4.69) is 35.2 Å². The summed E-state index contributed by atoms with van der Waals surface area (Å²) >= 11 is 3.51. The average molecular weight is 350 g/mol. The number of halogens is 1. The lowest BCUT2D eigenvalue weighted by Gasteiger charge is -2.42. The number of rotatable bonds is 1. The Labute approximate surface area is 132 Å². The van der Waals surface area contributed by atoms with Crippen LogP contribution in [0.2, 0.25) is 0 Å². The van der Waals surface area contributed by atoms with E-state index in [1.807, 2.05) is 18.6 Å². The number of piperidine rings is 1. The van der Waals surface area contributed by atoms with Crippen LogP contribution >= 0.6 is 15.9 Å². The van der Waals surface area contributed by atoms with Crippen LogP contribution < -0.4 is 10.6 Å². The van der Waals surface area contributed by atoms with Crippen LogP contribution in [0, 0.1) is 5.41 Å². The molecule has 1 atom stereocenters. The molecule has 1 aliphatic carbocycles. The van der Waals surface area contributed by atoms with Crippen LogP contribution in [-0.4, -0.2) is 33.5 Å². The molecule has 0 bridgehead atoms. The Kier molecular flexibility index (Phi) is 3.19. The van der Waals surface area contributed by atoms with E-state index in [-0.39, 0.29) is 0 Å². The van der Waals surface area contributed by atoms with Crippen molar-refractivity contribution in [2.24, 2.45) is 11.1 Å². The summed E-state index contributed by atoms with van der Waals surface area (Å²) in [4.78, 5) is 11.4. The zero-order valence-electron chi connectivity index (χ0n) is 12.0. The number of imidazole rings is 1. The van der Waals surface area contributed by atoms with Gasteiger partial charge in [-0.05, 0) is 47.0 Å². The first-order chi connectivity index (χ1) is 10.2. The van der Waals surface area contributed by atoms with Crippen molar-refractivity contribution in [1.82, 2.24) is 14.4 Å². The molecule has 0 aromatic carbocycles. The minimum absolute atomic E-state index is 0.389. The Bertz CT molecular complexity index is 659. The van der Waals surface area contributed by atoms with Crippen LogP contribution in [0.25, 0.3) is 5.65 Å². The highest BCUT2D eigenvalue weighted by Gasteiger charge is 2.43. The summed E-state index contributed by atoms with van der Waals surface area (Å²) in [6.45, 7) is 2.07. The fourth-order valence-electron chi connectivity index (χ4n) is 4.05. The Hall–Kier alpha value is -1.14. The van der Waals surface area contributed by atoms with Crippen molar-refractivity contribution in [3.8, 4) is 0 Å². The minimum Gasteiger partial charge on any atom is -0.342 e. The second-order valence-electron chi connectivity index (χ2n) is 6.38. The normalized spacial score (nSPS) is 25.0. The van der Waals surface area contributed by atoms with Gasteiger partial charge in [-0.2, -0.15) is 0 Å². The lowest BCUT2D eigenvalue weighted by molar-refractivity contribution is 0.197. The van der Waals surface area contributed by atoms with Crippen LogP contribution in [0.3, 0.4) is 0 Å². The maximum absolute atomic E-state index is 6.37. The predicted molar refractivity (Wildman–Crippen MR) is 86.4 cm³/mol. The Morgan fingerprint density at radius 3 is 2.76 bits per heavy atom. The number of nitrogens with zero attached hydrogens (tertiary/aromatic N) is 4. The van der Waals surface area contributed by atoms with Crippen LogP contribution in [0.4, 0.5) is 5.95 Å². The second-order valence-corrected chi connectivity index (χ2v) is 7.23. The van der Waals surface area contributed by atoms with Crippen molar-refractivity contribution in [3.05, 3.63) is 23.1 Å². The van der Waals surface area contributed by atoms with Gasteiger partial charge in [0.05, 0.1) is 4.47 Å². The van der Waals surface area contributed by atoms with E-state index in [9.17, 15) is 0 Å². The standard InChI is InChI=1S/C15H20BrN5/c16-11-10-19-14(21-9-6-18-13(11)21)20-7-4-15(5-8-20)3-1-2-12(15)17/h6,9-10,12H,1-5,7-8,17H2/t12-/m0/s1. The van der Waals surface area contributed by atoms with Crippen molar-refractivity contribution in [2.75, 3.05) is 18.0 Å². The number of anilines is 1. The molecule has 5 nitrogen and oxygen atoms in total. The van der Waals surface area contributed by atoms with Crippen molar-refractivity contribution in [2.45, 2.75) is 38.1 Å². The molecule has 4 rings (SSSR count). The van der Waals surface area contributed by atoms with Gasteiger partial charge in [-0.15, -0.1) is 0 Å². The van der Waals surface area contributed by atoms with E-state index in [1.165, 1.54) is 32.1 Å². The van der Waals surface area contributed by atoms with Gasteiger partial charge in [0.2, 0.25) is 5.95 Å².